The van der Waals surface area contributed by atoms with Gasteiger partial charge in [-0.2, -0.15) is 0 Å². The third kappa shape index (κ3) is 3.08. The van der Waals surface area contributed by atoms with Gasteiger partial charge in [-0.25, -0.2) is 0 Å². The molecule has 2 heteroatoms. The van der Waals surface area contributed by atoms with Crippen LogP contribution in [0.5, 0.6) is 0 Å². The van der Waals surface area contributed by atoms with Gasteiger partial charge in [0.2, 0.25) is 0 Å². The van der Waals surface area contributed by atoms with Gasteiger partial charge in [-0.15, -0.1) is 0 Å². The van der Waals surface area contributed by atoms with Gasteiger partial charge in [-0.1, -0.05) is 51.1 Å². The molecule has 1 atom stereocenters. The Bertz CT molecular complexity index is 334. The van der Waals surface area contributed by atoms with Crippen LogP contribution in [0.15, 0.2) is 30.3 Å². The summed E-state index contributed by atoms with van der Waals surface area (Å²) in [7, 11) is 0. The Morgan fingerprint density at radius 1 is 1.06 bits per heavy atom. The average Bonchev–Trinajstić information content (AvgIpc) is 2.30. The summed E-state index contributed by atoms with van der Waals surface area (Å²) in [6, 6.07) is 11.4. The van der Waals surface area contributed by atoms with E-state index in [9.17, 15) is 0 Å². The number of rotatable bonds is 2. The van der Waals surface area contributed by atoms with Gasteiger partial charge in [0.15, 0.2) is 0 Å². The molecule has 1 aromatic carbocycles. The van der Waals surface area contributed by atoms with Crippen LogP contribution in [0.1, 0.15) is 32.4 Å². The first-order chi connectivity index (χ1) is 8.09. The highest BCUT2D eigenvalue weighted by molar-refractivity contribution is 5.21. The number of hydrogen-bond donors (Lipinski definition) is 1. The van der Waals surface area contributed by atoms with E-state index in [4.69, 9.17) is 0 Å². The van der Waals surface area contributed by atoms with Gasteiger partial charge >= 0.3 is 0 Å². The number of piperazine rings is 1. The molecular weight excluding hydrogens is 208 g/mol. The lowest BCUT2D eigenvalue weighted by atomic mass is 9.81. The van der Waals surface area contributed by atoms with Crippen LogP contribution in [0.2, 0.25) is 0 Å². The van der Waals surface area contributed by atoms with Crippen LogP contribution < -0.4 is 5.32 Å². The van der Waals surface area contributed by atoms with Crippen molar-refractivity contribution in [2.24, 2.45) is 5.41 Å². The third-order valence-electron chi connectivity index (χ3n) is 3.45. The van der Waals surface area contributed by atoms with Crippen molar-refractivity contribution in [3.63, 3.8) is 0 Å². The molecule has 0 amide bonds. The Balaban J connectivity index is 2.25. The topological polar surface area (TPSA) is 15.3 Å². The van der Waals surface area contributed by atoms with Crippen LogP contribution in [0, 0.1) is 5.41 Å². The van der Waals surface area contributed by atoms with E-state index in [1.54, 1.807) is 0 Å². The van der Waals surface area contributed by atoms with Crippen molar-refractivity contribution in [3.05, 3.63) is 35.9 Å². The van der Waals surface area contributed by atoms with Gasteiger partial charge in [-0.3, -0.25) is 4.90 Å². The van der Waals surface area contributed by atoms with Gasteiger partial charge in [0.1, 0.15) is 0 Å². The Labute approximate surface area is 105 Å². The molecule has 1 heterocycles. The normalized spacial score (nSPS) is 20.2. The highest BCUT2D eigenvalue weighted by atomic mass is 15.2. The number of hydrogen-bond acceptors (Lipinski definition) is 2. The van der Waals surface area contributed by atoms with E-state index in [2.05, 4.69) is 61.3 Å². The van der Waals surface area contributed by atoms with Gasteiger partial charge in [0.05, 0.1) is 0 Å². The minimum Gasteiger partial charge on any atom is -0.314 e. The van der Waals surface area contributed by atoms with E-state index in [-0.39, 0.29) is 5.41 Å². The van der Waals surface area contributed by atoms with Crippen molar-refractivity contribution in [3.8, 4) is 0 Å². The smallest absolute Gasteiger partial charge is 0.0397 e. The Morgan fingerprint density at radius 3 is 2.18 bits per heavy atom. The monoisotopic (exact) mass is 232 g/mol. The van der Waals surface area contributed by atoms with E-state index < -0.39 is 0 Å². The molecule has 0 spiro atoms. The van der Waals surface area contributed by atoms with Gasteiger partial charge in [0.25, 0.3) is 0 Å². The van der Waals surface area contributed by atoms with E-state index in [0.717, 1.165) is 26.2 Å². The largest absolute Gasteiger partial charge is 0.314 e. The molecule has 0 radical (unpaired) electrons. The maximum Gasteiger partial charge on any atom is 0.0397 e. The highest BCUT2D eigenvalue weighted by Crippen LogP contribution is 2.37. The highest BCUT2D eigenvalue weighted by Gasteiger charge is 2.32. The Morgan fingerprint density at radius 2 is 1.65 bits per heavy atom. The Hall–Kier alpha value is -0.860. The summed E-state index contributed by atoms with van der Waals surface area (Å²) in [4.78, 5) is 2.62. The Kier molecular flexibility index (Phi) is 3.85. The van der Waals surface area contributed by atoms with Crippen LogP contribution in [-0.2, 0) is 0 Å². The summed E-state index contributed by atoms with van der Waals surface area (Å²) >= 11 is 0. The van der Waals surface area contributed by atoms with Crippen molar-refractivity contribution in [1.82, 2.24) is 10.2 Å². The quantitative estimate of drug-likeness (QED) is 0.843. The molecule has 1 fully saturated rings. The number of nitrogens with zero attached hydrogens (tertiary/aromatic N) is 1. The first-order valence-electron chi connectivity index (χ1n) is 6.59. The van der Waals surface area contributed by atoms with Gasteiger partial charge in [0, 0.05) is 32.2 Å². The zero-order chi connectivity index (χ0) is 12.3. The van der Waals surface area contributed by atoms with Crippen molar-refractivity contribution in [2.45, 2.75) is 26.8 Å². The zero-order valence-corrected chi connectivity index (χ0v) is 11.2. The predicted octanol–water partition coefficient (Wildman–Crippen LogP) is 2.68. The molecule has 1 aromatic rings. The van der Waals surface area contributed by atoms with E-state index in [1.807, 2.05) is 0 Å². The van der Waals surface area contributed by atoms with E-state index in [1.165, 1.54) is 5.56 Å². The van der Waals surface area contributed by atoms with E-state index in [0.29, 0.717) is 6.04 Å². The van der Waals surface area contributed by atoms with Crippen molar-refractivity contribution >= 4 is 0 Å². The minimum absolute atomic E-state index is 0.276. The lowest BCUT2D eigenvalue weighted by molar-refractivity contribution is 0.0862. The summed E-state index contributed by atoms with van der Waals surface area (Å²) < 4.78 is 0. The minimum atomic E-state index is 0.276. The van der Waals surface area contributed by atoms with Crippen LogP contribution in [0.25, 0.3) is 0 Å². The van der Waals surface area contributed by atoms with Crippen LogP contribution in [-0.4, -0.2) is 31.1 Å². The van der Waals surface area contributed by atoms with Crippen molar-refractivity contribution in [2.75, 3.05) is 26.2 Å². The first kappa shape index (κ1) is 12.6. The summed E-state index contributed by atoms with van der Waals surface area (Å²) in [5.41, 5.74) is 1.72. The second-order valence-corrected chi connectivity index (χ2v) is 5.97. The zero-order valence-electron chi connectivity index (χ0n) is 11.2. The van der Waals surface area contributed by atoms with Crippen molar-refractivity contribution in [1.29, 1.82) is 0 Å². The molecule has 0 aliphatic carbocycles. The maximum atomic E-state index is 3.43. The molecule has 1 N–H and O–H groups in total. The predicted molar refractivity (Wildman–Crippen MR) is 73.1 cm³/mol. The fourth-order valence-corrected chi connectivity index (χ4v) is 2.83. The molecule has 0 bridgehead atoms. The molecule has 0 unspecified atom stereocenters. The van der Waals surface area contributed by atoms with E-state index >= 15 is 0 Å². The molecule has 1 aliphatic rings. The summed E-state index contributed by atoms with van der Waals surface area (Å²) in [5, 5.41) is 3.43. The third-order valence-corrected chi connectivity index (χ3v) is 3.45. The molecular formula is C15H24N2. The fourth-order valence-electron chi connectivity index (χ4n) is 2.83. The fraction of sp³-hybridized carbons (Fsp3) is 0.600. The van der Waals surface area contributed by atoms with Gasteiger partial charge < -0.3 is 5.32 Å². The summed E-state index contributed by atoms with van der Waals surface area (Å²) in [5.74, 6) is 0. The summed E-state index contributed by atoms with van der Waals surface area (Å²) in [6.45, 7) is 11.5. The molecule has 2 rings (SSSR count). The van der Waals surface area contributed by atoms with Crippen molar-refractivity contribution < 1.29 is 0 Å². The first-order valence-corrected chi connectivity index (χ1v) is 6.59. The lowest BCUT2D eigenvalue weighted by Gasteiger charge is -2.42. The molecule has 1 saturated heterocycles. The standard InChI is InChI=1S/C15H24N2/c1-15(2,3)14(13-7-5-4-6-8-13)17-11-9-16-10-12-17/h4-8,14,16H,9-12H2,1-3H3/t14-/m1/s1. The van der Waals surface area contributed by atoms with Crippen LogP contribution in [0.4, 0.5) is 0 Å². The molecule has 2 nitrogen and oxygen atoms in total. The average molecular weight is 232 g/mol. The molecule has 17 heavy (non-hydrogen) atoms. The van der Waals surface area contributed by atoms with Crippen LogP contribution in [0.3, 0.4) is 0 Å². The molecule has 0 aromatic heterocycles. The second-order valence-electron chi connectivity index (χ2n) is 5.97. The maximum absolute atomic E-state index is 3.43. The SMILES string of the molecule is CC(C)(C)[C@@H](c1ccccc1)N1CCNCC1. The summed E-state index contributed by atoms with van der Waals surface area (Å²) in [6.07, 6.45) is 0. The number of benzene rings is 1. The molecule has 0 saturated carbocycles. The van der Waals surface area contributed by atoms with Crippen LogP contribution >= 0.6 is 0 Å². The number of nitrogens with one attached hydrogen (secondary N) is 1. The van der Waals surface area contributed by atoms with Gasteiger partial charge in [-0.05, 0) is 11.0 Å². The molecule has 94 valence electrons. The lowest BCUT2D eigenvalue weighted by Crippen LogP contribution is -2.48. The molecule has 1 aliphatic heterocycles. The second kappa shape index (κ2) is 5.19.